The molecule has 3 heterocycles. The Morgan fingerprint density at radius 2 is 1.69 bits per heavy atom. The van der Waals surface area contributed by atoms with Crippen molar-refractivity contribution in [1.82, 2.24) is 10.2 Å². The number of aliphatic imine (C=N–C) groups is 2. The van der Waals surface area contributed by atoms with Crippen LogP contribution in [-0.4, -0.2) is 80.9 Å². The van der Waals surface area contributed by atoms with Gasteiger partial charge in [-0.2, -0.15) is 26.3 Å². The van der Waals surface area contributed by atoms with Crippen molar-refractivity contribution in [3.8, 4) is 0 Å². The van der Waals surface area contributed by atoms with Crippen molar-refractivity contribution in [2.75, 3.05) is 13.2 Å². The van der Waals surface area contributed by atoms with Gasteiger partial charge in [-0.05, 0) is 18.2 Å². The van der Waals surface area contributed by atoms with E-state index in [9.17, 15) is 46.5 Å². The molecule has 3 aliphatic heterocycles. The van der Waals surface area contributed by atoms with Crippen LogP contribution in [-0.2, 0) is 17.1 Å². The Bertz CT molecular complexity index is 1090. The minimum absolute atomic E-state index is 0.143. The summed E-state index contributed by atoms with van der Waals surface area (Å²) in [5.41, 5.74) is 4.78. The Morgan fingerprint density at radius 3 is 2.20 bits per heavy atom. The lowest BCUT2D eigenvalue weighted by Gasteiger charge is -2.48. The second-order valence-corrected chi connectivity index (χ2v) is 8.11. The fraction of sp³-hybridized carbons (Fsp3) is 0.500. The largest absolute Gasteiger partial charge is 0.451 e. The summed E-state index contributed by atoms with van der Waals surface area (Å²) in [6.07, 6.45) is -12.4. The van der Waals surface area contributed by atoms with Gasteiger partial charge in [-0.3, -0.25) is 0 Å². The molecule has 35 heavy (non-hydrogen) atoms. The Balaban J connectivity index is 1.70. The van der Waals surface area contributed by atoms with Crippen LogP contribution in [0.15, 0.2) is 28.2 Å². The highest BCUT2D eigenvalue weighted by Crippen LogP contribution is 2.46. The van der Waals surface area contributed by atoms with Gasteiger partial charge in [0.05, 0.1) is 29.8 Å². The summed E-state index contributed by atoms with van der Waals surface area (Å²) in [5, 5.41) is 34.2. The van der Waals surface area contributed by atoms with E-state index >= 15 is 0 Å². The Hall–Kier alpha value is -3.31. The molecule has 0 amide bonds. The topological polar surface area (TPSA) is 179 Å². The molecule has 17 heteroatoms. The third kappa shape index (κ3) is 3.69. The summed E-state index contributed by atoms with van der Waals surface area (Å²) < 4.78 is 83.8. The number of aliphatic hydroxyl groups excluding tert-OH is 1. The van der Waals surface area contributed by atoms with Gasteiger partial charge in [0.15, 0.2) is 23.7 Å². The molecule has 1 saturated heterocycles. The van der Waals surface area contributed by atoms with E-state index in [1.165, 1.54) is 0 Å². The standard InChI is InChI=1S/C18H18F6N6O5/c19-17(20,21)7-1-6(2-8(3-7)18(22,23)24)12(32)35-10-4-30-14(26)27-9(5-31)11-15(30,16(10,33)34)29-13(25)28-11/h1-3,9-11,31,33-34H,4-5H2,(H2,26,27)(H3,25,28,29)/t9?,10-,11?,15?/m0/s1. The van der Waals surface area contributed by atoms with Crippen LogP contribution in [0.4, 0.5) is 26.3 Å². The summed E-state index contributed by atoms with van der Waals surface area (Å²) in [6.45, 7) is -1.26. The summed E-state index contributed by atoms with van der Waals surface area (Å²) in [7, 11) is 0. The Labute approximate surface area is 191 Å². The number of nitrogens with zero attached hydrogens (tertiary/aromatic N) is 3. The van der Waals surface area contributed by atoms with Crippen LogP contribution in [0.3, 0.4) is 0 Å². The van der Waals surface area contributed by atoms with Crippen LogP contribution < -0.4 is 16.8 Å². The van der Waals surface area contributed by atoms with Crippen LogP contribution in [0.2, 0.25) is 0 Å². The summed E-state index contributed by atoms with van der Waals surface area (Å²) in [4.78, 5) is 21.6. The number of nitrogens with one attached hydrogen (secondary N) is 1. The van der Waals surface area contributed by atoms with Crippen LogP contribution in [0.25, 0.3) is 0 Å². The van der Waals surface area contributed by atoms with Crippen molar-refractivity contribution in [2.24, 2.45) is 21.5 Å². The highest BCUT2D eigenvalue weighted by molar-refractivity contribution is 5.91. The zero-order valence-electron chi connectivity index (χ0n) is 17.3. The van der Waals surface area contributed by atoms with Gasteiger partial charge in [-0.25, -0.2) is 14.8 Å². The van der Waals surface area contributed by atoms with E-state index in [0.717, 1.165) is 4.90 Å². The fourth-order valence-electron chi connectivity index (χ4n) is 4.44. The second-order valence-electron chi connectivity index (χ2n) is 8.11. The lowest BCUT2D eigenvalue weighted by Crippen LogP contribution is -2.77. The maximum atomic E-state index is 13.1. The zero-order chi connectivity index (χ0) is 26.1. The lowest BCUT2D eigenvalue weighted by molar-refractivity contribution is -0.257. The summed E-state index contributed by atoms with van der Waals surface area (Å²) >= 11 is 0. The number of aliphatic hydroxyl groups is 3. The van der Waals surface area contributed by atoms with E-state index in [1.54, 1.807) is 0 Å². The number of hydrogen-bond acceptors (Lipinski definition) is 11. The number of carbonyl (C=O) groups excluding carboxylic acids is 1. The number of alkyl halides is 6. The van der Waals surface area contributed by atoms with Crippen LogP contribution in [0, 0.1) is 0 Å². The first kappa shape index (κ1) is 24.8. The van der Waals surface area contributed by atoms with Crippen molar-refractivity contribution < 1.29 is 51.2 Å². The quantitative estimate of drug-likeness (QED) is 0.167. The van der Waals surface area contributed by atoms with Crippen molar-refractivity contribution in [3.63, 3.8) is 0 Å². The van der Waals surface area contributed by atoms with E-state index in [1.807, 2.05) is 0 Å². The van der Waals surface area contributed by atoms with E-state index in [-0.39, 0.29) is 30.1 Å². The molecule has 1 spiro atoms. The van der Waals surface area contributed by atoms with Crippen molar-refractivity contribution in [2.45, 2.75) is 42.0 Å². The minimum Gasteiger partial charge on any atom is -0.451 e. The van der Waals surface area contributed by atoms with Gasteiger partial charge in [0.25, 0.3) is 0 Å². The highest BCUT2D eigenvalue weighted by Gasteiger charge is 2.74. The zero-order valence-corrected chi connectivity index (χ0v) is 17.3. The molecule has 0 aliphatic carbocycles. The van der Waals surface area contributed by atoms with Gasteiger partial charge < -0.3 is 41.7 Å². The number of carbonyl (C=O) groups is 1. The molecule has 1 aromatic carbocycles. The van der Waals surface area contributed by atoms with Gasteiger partial charge in [0, 0.05) is 0 Å². The molecule has 0 aromatic heterocycles. The number of guanidine groups is 2. The maximum absolute atomic E-state index is 13.1. The number of nitrogens with two attached hydrogens (primary N) is 2. The maximum Gasteiger partial charge on any atom is 0.416 e. The van der Waals surface area contributed by atoms with E-state index < -0.39 is 77.8 Å². The monoisotopic (exact) mass is 512 g/mol. The predicted octanol–water partition coefficient (Wildman–Crippen LogP) is -1.08. The molecule has 192 valence electrons. The van der Waals surface area contributed by atoms with Crippen molar-refractivity contribution >= 4 is 17.9 Å². The predicted molar refractivity (Wildman–Crippen MR) is 103 cm³/mol. The van der Waals surface area contributed by atoms with Crippen LogP contribution in [0.1, 0.15) is 21.5 Å². The molecule has 3 aliphatic rings. The molecule has 0 saturated carbocycles. The molecular weight excluding hydrogens is 494 g/mol. The number of hydrogen-bond donors (Lipinski definition) is 6. The molecule has 4 rings (SSSR count). The molecule has 0 radical (unpaired) electrons. The lowest BCUT2D eigenvalue weighted by atomic mass is 9.86. The average Bonchev–Trinajstić information content (AvgIpc) is 3.21. The van der Waals surface area contributed by atoms with Crippen molar-refractivity contribution in [3.05, 3.63) is 34.9 Å². The number of rotatable bonds is 3. The highest BCUT2D eigenvalue weighted by atomic mass is 19.4. The summed E-state index contributed by atoms with van der Waals surface area (Å²) in [5.74, 6) is -5.45. The first-order valence-corrected chi connectivity index (χ1v) is 9.80. The normalized spacial score (nSPS) is 29.6. The molecule has 1 fully saturated rings. The molecule has 1 aromatic rings. The number of esters is 1. The molecular formula is C18H18F6N6O5. The number of halogens is 6. The van der Waals surface area contributed by atoms with Gasteiger partial charge in [0.2, 0.25) is 5.79 Å². The molecule has 3 unspecified atom stereocenters. The van der Waals surface area contributed by atoms with Crippen molar-refractivity contribution in [1.29, 1.82) is 0 Å². The third-order valence-electron chi connectivity index (χ3n) is 6.01. The van der Waals surface area contributed by atoms with Crippen LogP contribution in [0.5, 0.6) is 0 Å². The fourth-order valence-corrected chi connectivity index (χ4v) is 4.44. The number of benzene rings is 1. The van der Waals surface area contributed by atoms with Crippen LogP contribution >= 0.6 is 0 Å². The van der Waals surface area contributed by atoms with Gasteiger partial charge in [-0.15, -0.1) is 0 Å². The van der Waals surface area contributed by atoms with Gasteiger partial charge >= 0.3 is 18.3 Å². The molecule has 8 N–H and O–H groups in total. The second kappa shape index (κ2) is 7.59. The Kier molecular flexibility index (Phi) is 5.38. The smallest absolute Gasteiger partial charge is 0.416 e. The first-order valence-electron chi connectivity index (χ1n) is 9.80. The molecule has 11 nitrogen and oxygen atoms in total. The number of ether oxygens (including phenoxy) is 1. The van der Waals surface area contributed by atoms with E-state index in [2.05, 4.69) is 15.3 Å². The average molecular weight is 512 g/mol. The van der Waals surface area contributed by atoms with Gasteiger partial charge in [0.1, 0.15) is 12.1 Å². The summed E-state index contributed by atoms with van der Waals surface area (Å²) in [6, 6.07) is -2.25. The first-order chi connectivity index (χ1) is 16.0. The Morgan fingerprint density at radius 1 is 1.11 bits per heavy atom. The van der Waals surface area contributed by atoms with E-state index in [4.69, 9.17) is 16.2 Å². The molecule has 4 atom stereocenters. The minimum atomic E-state index is -5.22. The molecule has 0 bridgehead atoms. The van der Waals surface area contributed by atoms with Gasteiger partial charge in [-0.1, -0.05) is 0 Å². The third-order valence-corrected chi connectivity index (χ3v) is 6.01. The SMILES string of the molecule is NC1=NC2C(CO)N=C(N)N3C[C@H](OC(=O)c4cc(C(F)(F)F)cc(C(F)(F)F)c4)C(O)(O)C23N1. The van der Waals surface area contributed by atoms with E-state index in [0.29, 0.717) is 0 Å².